The lowest BCUT2D eigenvalue weighted by Crippen LogP contribution is -2.42. The van der Waals surface area contributed by atoms with Crippen LogP contribution in [0.5, 0.6) is 0 Å². The van der Waals surface area contributed by atoms with Gasteiger partial charge in [-0.05, 0) is 60.9 Å². The topological polar surface area (TPSA) is 47.3 Å². The molecule has 2 aliphatic heterocycles. The first-order valence-corrected chi connectivity index (χ1v) is 9.55. The molecule has 0 saturated carbocycles. The summed E-state index contributed by atoms with van der Waals surface area (Å²) in [7, 11) is 0. The lowest BCUT2D eigenvalue weighted by Gasteiger charge is -2.32. The molecule has 1 saturated heterocycles. The smallest absolute Gasteiger partial charge is 0.253 e. The second kappa shape index (κ2) is 7.23. The molecular weight excluding hydrogens is 360 g/mol. The molecule has 2 heterocycles. The average Bonchev–Trinajstić information content (AvgIpc) is 2.72. The van der Waals surface area contributed by atoms with E-state index >= 15 is 0 Å². The predicted molar refractivity (Wildman–Crippen MR) is 103 cm³/mol. The van der Waals surface area contributed by atoms with Crippen LogP contribution in [0.25, 0.3) is 0 Å². The molecule has 28 heavy (non-hydrogen) atoms. The third-order valence-corrected chi connectivity index (χ3v) is 5.54. The van der Waals surface area contributed by atoms with Gasteiger partial charge >= 0.3 is 0 Å². The molecule has 4 nitrogen and oxygen atoms in total. The van der Waals surface area contributed by atoms with E-state index < -0.39 is 5.92 Å². The zero-order valence-corrected chi connectivity index (χ0v) is 15.5. The normalized spacial score (nSPS) is 18.3. The van der Waals surface area contributed by atoms with Crippen molar-refractivity contribution >= 4 is 17.3 Å². The number of benzene rings is 2. The number of nitriles is 1. The van der Waals surface area contributed by atoms with Crippen molar-refractivity contribution in [2.24, 2.45) is 0 Å². The minimum Gasteiger partial charge on any atom is -0.341 e. The molecule has 0 atom stereocenters. The Morgan fingerprint density at radius 2 is 1.75 bits per heavy atom. The fraction of sp³-hybridized carbons (Fsp3) is 0.364. The summed E-state index contributed by atoms with van der Waals surface area (Å²) in [5.41, 5.74) is 4.40. The van der Waals surface area contributed by atoms with Gasteiger partial charge in [-0.2, -0.15) is 5.26 Å². The van der Waals surface area contributed by atoms with E-state index in [1.54, 1.807) is 12.1 Å². The fourth-order valence-electron chi connectivity index (χ4n) is 3.94. The van der Waals surface area contributed by atoms with Crippen LogP contribution in [-0.2, 0) is 6.42 Å². The maximum atomic E-state index is 13.3. The van der Waals surface area contributed by atoms with Gasteiger partial charge in [-0.1, -0.05) is 0 Å². The number of alkyl halides is 2. The number of amides is 1. The number of hydrogen-bond donors (Lipinski definition) is 0. The number of piperidine rings is 1. The van der Waals surface area contributed by atoms with Crippen molar-refractivity contribution in [1.29, 1.82) is 5.26 Å². The number of aryl methyl sites for hydroxylation is 1. The highest BCUT2D eigenvalue weighted by Gasteiger charge is 2.35. The first-order chi connectivity index (χ1) is 13.5. The minimum atomic E-state index is -2.66. The molecule has 2 aliphatic rings. The number of halogens is 2. The molecule has 6 heteroatoms. The summed E-state index contributed by atoms with van der Waals surface area (Å²) >= 11 is 0. The van der Waals surface area contributed by atoms with Gasteiger partial charge in [0.2, 0.25) is 0 Å². The standard InChI is InChI=1S/C22H21F2N3O/c23-22(24)9-12-26(13-10-22)21(28)17-4-6-19(7-5-17)27-11-1-2-18-14-16(15-25)3-8-20(18)27/h3-8,14H,1-2,9-13H2. The van der Waals surface area contributed by atoms with Crippen molar-refractivity contribution in [3.63, 3.8) is 0 Å². The molecule has 1 fully saturated rings. The molecule has 2 aromatic rings. The number of nitrogens with zero attached hydrogens (tertiary/aromatic N) is 3. The summed E-state index contributed by atoms with van der Waals surface area (Å²) in [6.07, 6.45) is 1.39. The molecule has 0 bridgehead atoms. The third-order valence-electron chi connectivity index (χ3n) is 5.54. The second-order valence-electron chi connectivity index (χ2n) is 7.41. The number of fused-ring (bicyclic) bond motifs is 1. The van der Waals surface area contributed by atoms with E-state index in [0.717, 1.165) is 36.3 Å². The Bertz CT molecular complexity index is 924. The van der Waals surface area contributed by atoms with Crippen molar-refractivity contribution in [2.45, 2.75) is 31.6 Å². The number of likely N-dealkylation sites (tertiary alicyclic amines) is 1. The SMILES string of the molecule is N#Cc1ccc2c(c1)CCCN2c1ccc(C(=O)N2CCC(F)(F)CC2)cc1. The van der Waals surface area contributed by atoms with Crippen LogP contribution >= 0.6 is 0 Å². The van der Waals surface area contributed by atoms with Crippen LogP contribution in [0.1, 0.15) is 40.7 Å². The van der Waals surface area contributed by atoms with Crippen LogP contribution in [0.2, 0.25) is 0 Å². The van der Waals surface area contributed by atoms with Gasteiger partial charge in [0, 0.05) is 49.4 Å². The summed E-state index contributed by atoms with van der Waals surface area (Å²) in [4.78, 5) is 16.3. The molecule has 0 unspecified atom stereocenters. The van der Waals surface area contributed by atoms with E-state index in [1.807, 2.05) is 30.3 Å². The molecule has 1 amide bonds. The second-order valence-corrected chi connectivity index (χ2v) is 7.41. The Balaban J connectivity index is 1.52. The van der Waals surface area contributed by atoms with Gasteiger partial charge in [0.15, 0.2) is 0 Å². The molecule has 0 spiro atoms. The van der Waals surface area contributed by atoms with E-state index in [-0.39, 0.29) is 31.8 Å². The Hall–Kier alpha value is -2.94. The summed E-state index contributed by atoms with van der Waals surface area (Å²) < 4.78 is 26.6. The number of hydrogen-bond acceptors (Lipinski definition) is 3. The van der Waals surface area contributed by atoms with Crippen LogP contribution in [0.4, 0.5) is 20.2 Å². The molecule has 4 rings (SSSR count). The highest BCUT2D eigenvalue weighted by molar-refractivity contribution is 5.94. The molecule has 0 radical (unpaired) electrons. The molecule has 144 valence electrons. The third kappa shape index (κ3) is 3.57. The van der Waals surface area contributed by atoms with Gasteiger partial charge in [-0.3, -0.25) is 4.79 Å². The molecule has 2 aromatic carbocycles. The van der Waals surface area contributed by atoms with Crippen LogP contribution in [0.3, 0.4) is 0 Å². The van der Waals surface area contributed by atoms with Crippen molar-refractivity contribution in [1.82, 2.24) is 4.90 Å². The van der Waals surface area contributed by atoms with Crippen LogP contribution in [0.15, 0.2) is 42.5 Å². The summed E-state index contributed by atoms with van der Waals surface area (Å²) in [6, 6.07) is 15.2. The summed E-state index contributed by atoms with van der Waals surface area (Å²) in [5, 5.41) is 9.10. The van der Waals surface area contributed by atoms with E-state index in [9.17, 15) is 13.6 Å². The van der Waals surface area contributed by atoms with Crippen molar-refractivity contribution in [2.75, 3.05) is 24.5 Å². The highest BCUT2D eigenvalue weighted by atomic mass is 19.3. The lowest BCUT2D eigenvalue weighted by atomic mass is 9.98. The molecule has 0 N–H and O–H groups in total. The zero-order valence-electron chi connectivity index (χ0n) is 15.5. The van der Waals surface area contributed by atoms with E-state index in [4.69, 9.17) is 5.26 Å². The number of carbonyl (C=O) groups excluding carboxylic acids is 1. The van der Waals surface area contributed by atoms with Gasteiger partial charge in [0.05, 0.1) is 11.6 Å². The van der Waals surface area contributed by atoms with Crippen molar-refractivity contribution in [3.05, 3.63) is 59.2 Å². The summed E-state index contributed by atoms with van der Waals surface area (Å²) in [6.45, 7) is 1.05. The Kier molecular flexibility index (Phi) is 4.76. The van der Waals surface area contributed by atoms with Gasteiger partial charge in [0.25, 0.3) is 11.8 Å². The van der Waals surface area contributed by atoms with E-state index in [0.29, 0.717) is 11.1 Å². The van der Waals surface area contributed by atoms with Gasteiger partial charge < -0.3 is 9.80 Å². The molecule has 0 aliphatic carbocycles. The molecular formula is C22H21F2N3O. The lowest BCUT2D eigenvalue weighted by molar-refractivity contribution is -0.0494. The first kappa shape index (κ1) is 18.4. The fourth-order valence-corrected chi connectivity index (χ4v) is 3.94. The minimum absolute atomic E-state index is 0.0916. The quantitative estimate of drug-likeness (QED) is 0.769. The highest BCUT2D eigenvalue weighted by Crippen LogP contribution is 2.34. The maximum absolute atomic E-state index is 13.3. The predicted octanol–water partition coefficient (Wildman–Crippen LogP) is 4.51. The van der Waals surface area contributed by atoms with Gasteiger partial charge in [0.1, 0.15) is 0 Å². The average molecular weight is 381 g/mol. The maximum Gasteiger partial charge on any atom is 0.253 e. The largest absolute Gasteiger partial charge is 0.341 e. The number of anilines is 2. The van der Waals surface area contributed by atoms with Crippen molar-refractivity contribution in [3.8, 4) is 6.07 Å². The molecule has 0 aromatic heterocycles. The van der Waals surface area contributed by atoms with E-state index in [1.165, 1.54) is 4.90 Å². The number of rotatable bonds is 2. The first-order valence-electron chi connectivity index (χ1n) is 9.55. The Morgan fingerprint density at radius 3 is 2.43 bits per heavy atom. The zero-order chi connectivity index (χ0) is 19.7. The monoisotopic (exact) mass is 381 g/mol. The Labute approximate surface area is 163 Å². The summed E-state index contributed by atoms with van der Waals surface area (Å²) in [5.74, 6) is -2.85. The van der Waals surface area contributed by atoms with Gasteiger partial charge in [-0.15, -0.1) is 0 Å². The van der Waals surface area contributed by atoms with Gasteiger partial charge in [-0.25, -0.2) is 8.78 Å². The van der Waals surface area contributed by atoms with E-state index in [2.05, 4.69) is 11.0 Å². The van der Waals surface area contributed by atoms with Crippen LogP contribution in [0, 0.1) is 11.3 Å². The Morgan fingerprint density at radius 1 is 1.04 bits per heavy atom. The van der Waals surface area contributed by atoms with Crippen LogP contribution in [-0.4, -0.2) is 36.4 Å². The number of carbonyl (C=O) groups is 1. The van der Waals surface area contributed by atoms with Crippen LogP contribution < -0.4 is 4.90 Å². The van der Waals surface area contributed by atoms with Crippen molar-refractivity contribution < 1.29 is 13.6 Å².